The van der Waals surface area contributed by atoms with E-state index in [1.54, 1.807) is 0 Å². The summed E-state index contributed by atoms with van der Waals surface area (Å²) in [6, 6.07) is 6.86. The molecule has 0 bridgehead atoms. The Morgan fingerprint density at radius 2 is 1.81 bits per heavy atom. The van der Waals surface area contributed by atoms with Gasteiger partial charge in [0.2, 0.25) is 5.91 Å². The topological polar surface area (TPSA) is 84.7 Å². The van der Waals surface area contributed by atoms with Gasteiger partial charge in [0.1, 0.15) is 0 Å². The van der Waals surface area contributed by atoms with Gasteiger partial charge >= 0.3 is 0 Å². The van der Waals surface area contributed by atoms with E-state index >= 15 is 0 Å². The molecule has 6 nitrogen and oxygen atoms in total. The second-order valence-electron chi connectivity index (χ2n) is 7.29. The average Bonchev–Trinajstić information content (AvgIpc) is 2.63. The van der Waals surface area contributed by atoms with Crippen LogP contribution in [0.4, 0.5) is 0 Å². The van der Waals surface area contributed by atoms with Crippen molar-refractivity contribution in [2.45, 2.75) is 58.9 Å². The van der Waals surface area contributed by atoms with Crippen LogP contribution in [0.2, 0.25) is 0 Å². The van der Waals surface area contributed by atoms with Gasteiger partial charge in [-0.05, 0) is 37.5 Å². The highest BCUT2D eigenvalue weighted by molar-refractivity contribution is 5.94. The molecule has 0 spiro atoms. The van der Waals surface area contributed by atoms with Crippen LogP contribution in [-0.2, 0) is 16.1 Å². The van der Waals surface area contributed by atoms with Gasteiger partial charge in [0.25, 0.3) is 5.91 Å². The van der Waals surface area contributed by atoms with Crippen LogP contribution in [0, 0.1) is 5.92 Å². The molecule has 0 saturated carbocycles. The number of hydrogen-bond donors (Lipinski definition) is 2. The molecular weight excluding hydrogens is 330 g/mol. The van der Waals surface area contributed by atoms with E-state index < -0.39 is 6.04 Å². The molecule has 1 fully saturated rings. The largest absolute Gasteiger partial charge is 0.372 e. The molecule has 1 aliphatic rings. The van der Waals surface area contributed by atoms with E-state index in [2.05, 4.69) is 5.32 Å². The van der Waals surface area contributed by atoms with Crippen molar-refractivity contribution in [1.82, 2.24) is 10.2 Å². The van der Waals surface area contributed by atoms with Crippen molar-refractivity contribution in [3.05, 3.63) is 35.4 Å². The maximum Gasteiger partial charge on any atom is 0.254 e. The van der Waals surface area contributed by atoms with Crippen LogP contribution < -0.4 is 11.1 Å². The zero-order valence-corrected chi connectivity index (χ0v) is 16.2. The molecule has 4 unspecified atom stereocenters. The first kappa shape index (κ1) is 20.4. The standard InChI is InChI=1S/C20H31N3O3/c1-5-13(2)18(21)19(24)22-10-16-6-8-17(9-7-16)20(25)23-11-14(3)26-15(4)12-23/h6-9,13-15,18H,5,10-12,21H2,1-4H3,(H,22,24). The van der Waals surface area contributed by atoms with Crippen LogP contribution in [0.1, 0.15) is 50.0 Å². The van der Waals surface area contributed by atoms with E-state index in [1.807, 2.05) is 56.9 Å². The maximum absolute atomic E-state index is 12.6. The third-order valence-electron chi connectivity index (χ3n) is 4.93. The summed E-state index contributed by atoms with van der Waals surface area (Å²) in [4.78, 5) is 26.5. The molecular formula is C20H31N3O3. The molecule has 1 aromatic rings. The number of rotatable bonds is 6. The Labute approximate surface area is 156 Å². The summed E-state index contributed by atoms with van der Waals surface area (Å²) < 4.78 is 5.68. The minimum Gasteiger partial charge on any atom is -0.372 e. The number of carbonyl (C=O) groups is 2. The van der Waals surface area contributed by atoms with Gasteiger partial charge in [0, 0.05) is 25.2 Å². The molecule has 1 saturated heterocycles. The van der Waals surface area contributed by atoms with Crippen LogP contribution in [-0.4, -0.2) is 48.1 Å². The van der Waals surface area contributed by atoms with Gasteiger partial charge in [-0.1, -0.05) is 32.4 Å². The van der Waals surface area contributed by atoms with Crippen molar-refractivity contribution in [3.8, 4) is 0 Å². The highest BCUT2D eigenvalue weighted by atomic mass is 16.5. The van der Waals surface area contributed by atoms with Crippen LogP contribution in [0.15, 0.2) is 24.3 Å². The van der Waals surface area contributed by atoms with Crippen molar-refractivity contribution < 1.29 is 14.3 Å². The minimum absolute atomic E-state index is 0.0152. The highest BCUT2D eigenvalue weighted by Gasteiger charge is 2.26. The van der Waals surface area contributed by atoms with Crippen molar-refractivity contribution >= 4 is 11.8 Å². The number of nitrogens with one attached hydrogen (secondary N) is 1. The SMILES string of the molecule is CCC(C)C(N)C(=O)NCc1ccc(C(=O)N2CC(C)OC(C)C2)cc1. The van der Waals surface area contributed by atoms with Gasteiger partial charge in [-0.15, -0.1) is 0 Å². The number of hydrogen-bond acceptors (Lipinski definition) is 4. The zero-order valence-electron chi connectivity index (χ0n) is 16.2. The normalized spacial score (nSPS) is 22.6. The molecule has 6 heteroatoms. The van der Waals surface area contributed by atoms with Gasteiger partial charge < -0.3 is 20.7 Å². The molecule has 0 aromatic heterocycles. The van der Waals surface area contributed by atoms with Crippen molar-refractivity contribution in [3.63, 3.8) is 0 Å². The maximum atomic E-state index is 12.6. The predicted molar refractivity (Wildman–Crippen MR) is 102 cm³/mol. The smallest absolute Gasteiger partial charge is 0.254 e. The lowest BCUT2D eigenvalue weighted by atomic mass is 9.99. The van der Waals surface area contributed by atoms with Gasteiger partial charge in [0.15, 0.2) is 0 Å². The van der Waals surface area contributed by atoms with Crippen LogP contribution in [0.5, 0.6) is 0 Å². The fourth-order valence-electron chi connectivity index (χ4n) is 3.11. The minimum atomic E-state index is -0.494. The van der Waals surface area contributed by atoms with Crippen molar-refractivity contribution in [2.24, 2.45) is 11.7 Å². The summed E-state index contributed by atoms with van der Waals surface area (Å²) in [6.45, 7) is 9.56. The summed E-state index contributed by atoms with van der Waals surface area (Å²) in [6.07, 6.45) is 0.961. The Morgan fingerprint density at radius 3 is 2.35 bits per heavy atom. The molecule has 0 radical (unpaired) electrons. The van der Waals surface area contributed by atoms with Gasteiger partial charge in [-0.3, -0.25) is 9.59 Å². The lowest BCUT2D eigenvalue weighted by Gasteiger charge is -2.35. The molecule has 1 aliphatic heterocycles. The van der Waals surface area contributed by atoms with Gasteiger partial charge in [-0.2, -0.15) is 0 Å². The number of benzene rings is 1. The van der Waals surface area contributed by atoms with E-state index in [0.29, 0.717) is 25.2 Å². The molecule has 4 atom stereocenters. The fourth-order valence-corrected chi connectivity index (χ4v) is 3.11. The van der Waals surface area contributed by atoms with E-state index in [9.17, 15) is 9.59 Å². The third-order valence-corrected chi connectivity index (χ3v) is 4.93. The first-order valence-corrected chi connectivity index (χ1v) is 9.38. The predicted octanol–water partition coefficient (Wildman–Crippen LogP) is 1.93. The molecule has 1 heterocycles. The van der Waals surface area contributed by atoms with E-state index in [4.69, 9.17) is 10.5 Å². The number of morpholine rings is 1. The highest BCUT2D eigenvalue weighted by Crippen LogP contribution is 2.15. The number of nitrogens with zero attached hydrogens (tertiary/aromatic N) is 1. The Hall–Kier alpha value is -1.92. The summed E-state index contributed by atoms with van der Waals surface area (Å²) in [7, 11) is 0. The van der Waals surface area contributed by atoms with E-state index in [1.165, 1.54) is 0 Å². The summed E-state index contributed by atoms with van der Waals surface area (Å²) >= 11 is 0. The molecule has 26 heavy (non-hydrogen) atoms. The molecule has 1 aromatic carbocycles. The van der Waals surface area contributed by atoms with Gasteiger partial charge in [-0.25, -0.2) is 0 Å². The summed E-state index contributed by atoms with van der Waals surface area (Å²) in [5, 5.41) is 2.86. The van der Waals surface area contributed by atoms with Crippen LogP contribution in [0.25, 0.3) is 0 Å². The molecule has 144 valence electrons. The second-order valence-corrected chi connectivity index (χ2v) is 7.29. The number of nitrogens with two attached hydrogens (primary N) is 1. The lowest BCUT2D eigenvalue weighted by Crippen LogP contribution is -2.48. The van der Waals surface area contributed by atoms with Crippen molar-refractivity contribution in [1.29, 1.82) is 0 Å². The Balaban J connectivity index is 1.91. The second kappa shape index (κ2) is 9.14. The number of ether oxygens (including phenoxy) is 1. The quantitative estimate of drug-likeness (QED) is 0.811. The zero-order chi connectivity index (χ0) is 19.3. The van der Waals surface area contributed by atoms with Crippen LogP contribution >= 0.6 is 0 Å². The monoisotopic (exact) mass is 361 g/mol. The first-order chi connectivity index (χ1) is 12.3. The summed E-state index contributed by atoms with van der Waals surface area (Å²) in [5.74, 6) is 0.0190. The Bertz CT molecular complexity index is 607. The first-order valence-electron chi connectivity index (χ1n) is 9.38. The summed E-state index contributed by atoms with van der Waals surface area (Å²) in [5.41, 5.74) is 7.52. The molecule has 3 N–H and O–H groups in total. The van der Waals surface area contributed by atoms with E-state index in [-0.39, 0.29) is 29.9 Å². The average molecular weight is 361 g/mol. The molecule has 0 aliphatic carbocycles. The Kier molecular flexibility index (Phi) is 7.17. The number of amides is 2. The van der Waals surface area contributed by atoms with E-state index in [0.717, 1.165) is 12.0 Å². The molecule has 2 amide bonds. The third kappa shape index (κ3) is 5.29. The Morgan fingerprint density at radius 1 is 1.23 bits per heavy atom. The molecule has 2 rings (SSSR count). The van der Waals surface area contributed by atoms with Gasteiger partial charge in [0.05, 0.1) is 18.2 Å². The number of carbonyl (C=O) groups excluding carboxylic acids is 2. The van der Waals surface area contributed by atoms with Crippen molar-refractivity contribution in [2.75, 3.05) is 13.1 Å². The van der Waals surface area contributed by atoms with Crippen LogP contribution in [0.3, 0.4) is 0 Å². The lowest BCUT2D eigenvalue weighted by molar-refractivity contribution is -0.123. The fraction of sp³-hybridized carbons (Fsp3) is 0.600.